The molecule has 0 aromatic carbocycles. The van der Waals surface area contributed by atoms with Crippen LogP contribution in [0.5, 0.6) is 0 Å². The van der Waals surface area contributed by atoms with Gasteiger partial charge >= 0.3 is 0 Å². The lowest BCUT2D eigenvalue weighted by atomic mass is 10.0. The Morgan fingerprint density at radius 3 is 3.05 bits per heavy atom. The van der Waals surface area contributed by atoms with E-state index >= 15 is 0 Å². The highest BCUT2D eigenvalue weighted by atomic mass is 35.5. The second-order valence-corrected chi connectivity index (χ2v) is 6.57. The first kappa shape index (κ1) is 13.6. The Kier molecular flexibility index (Phi) is 3.52. The van der Waals surface area contributed by atoms with E-state index in [1.54, 1.807) is 11.3 Å². The van der Waals surface area contributed by atoms with E-state index in [4.69, 9.17) is 17.3 Å². The lowest BCUT2D eigenvalue weighted by Crippen LogP contribution is -2.48. The number of amides is 1. The number of rotatable bonds is 2. The molecule has 0 saturated carbocycles. The fourth-order valence-corrected chi connectivity index (χ4v) is 3.79. The maximum absolute atomic E-state index is 11.7. The van der Waals surface area contributed by atoms with Crippen LogP contribution < -0.4 is 10.6 Å². The van der Waals surface area contributed by atoms with Gasteiger partial charge in [0.1, 0.15) is 16.7 Å². The molecule has 0 aliphatic carbocycles. The Bertz CT molecular complexity index is 672. The standard InChI is InChI=1S/C13H15ClN4OS/c1-7-6-8-11(16-13(14)17-12(8)20-7)18-5-3-2-4-9(18)10(15)19/h6,9H,2-5H2,1H3,(H2,15,19). The van der Waals surface area contributed by atoms with Crippen LogP contribution in [0.25, 0.3) is 10.2 Å². The van der Waals surface area contributed by atoms with Gasteiger partial charge in [0.25, 0.3) is 0 Å². The van der Waals surface area contributed by atoms with Crippen LogP contribution in [0.1, 0.15) is 24.1 Å². The molecular weight excluding hydrogens is 296 g/mol. The van der Waals surface area contributed by atoms with E-state index in [2.05, 4.69) is 9.97 Å². The van der Waals surface area contributed by atoms with Crippen molar-refractivity contribution < 1.29 is 4.79 Å². The van der Waals surface area contributed by atoms with Gasteiger partial charge in [-0.1, -0.05) is 0 Å². The molecule has 3 rings (SSSR count). The summed E-state index contributed by atoms with van der Waals surface area (Å²) in [5.74, 6) is 0.424. The first-order valence-corrected chi connectivity index (χ1v) is 7.75. The molecule has 1 amide bonds. The van der Waals surface area contributed by atoms with Crippen molar-refractivity contribution in [3.63, 3.8) is 0 Å². The van der Waals surface area contributed by atoms with Gasteiger partial charge in [-0.2, -0.15) is 4.98 Å². The van der Waals surface area contributed by atoms with Crippen LogP contribution in [0.4, 0.5) is 5.82 Å². The van der Waals surface area contributed by atoms with Crippen molar-refractivity contribution in [3.8, 4) is 0 Å². The van der Waals surface area contributed by atoms with Crippen molar-refractivity contribution in [1.82, 2.24) is 9.97 Å². The predicted molar refractivity (Wildman–Crippen MR) is 81.3 cm³/mol. The van der Waals surface area contributed by atoms with Gasteiger partial charge in [0.15, 0.2) is 0 Å². The number of nitrogens with two attached hydrogens (primary N) is 1. The third-order valence-corrected chi connectivity index (χ3v) is 4.69. The minimum absolute atomic E-state index is 0.211. The number of hydrogen-bond acceptors (Lipinski definition) is 5. The summed E-state index contributed by atoms with van der Waals surface area (Å²) < 4.78 is 0. The highest BCUT2D eigenvalue weighted by Crippen LogP contribution is 2.34. The van der Waals surface area contributed by atoms with Crippen LogP contribution in [0, 0.1) is 6.92 Å². The van der Waals surface area contributed by atoms with Crippen LogP contribution in [-0.4, -0.2) is 28.5 Å². The summed E-state index contributed by atoms with van der Waals surface area (Å²) in [7, 11) is 0. The minimum Gasteiger partial charge on any atom is -0.368 e. The van der Waals surface area contributed by atoms with Crippen molar-refractivity contribution in [2.75, 3.05) is 11.4 Å². The van der Waals surface area contributed by atoms with Gasteiger partial charge < -0.3 is 10.6 Å². The Balaban J connectivity index is 2.14. The largest absolute Gasteiger partial charge is 0.368 e. The average molecular weight is 311 g/mol. The molecule has 0 bridgehead atoms. The summed E-state index contributed by atoms with van der Waals surface area (Å²) in [5.41, 5.74) is 5.53. The lowest BCUT2D eigenvalue weighted by molar-refractivity contribution is -0.119. The third-order valence-electron chi connectivity index (χ3n) is 3.57. The fourth-order valence-electron chi connectivity index (χ4n) is 2.70. The average Bonchev–Trinajstić information content (AvgIpc) is 2.77. The maximum atomic E-state index is 11.7. The molecule has 3 heterocycles. The Morgan fingerprint density at radius 1 is 1.50 bits per heavy atom. The van der Waals surface area contributed by atoms with Gasteiger partial charge in [-0.15, -0.1) is 11.3 Å². The van der Waals surface area contributed by atoms with E-state index in [9.17, 15) is 4.79 Å². The molecule has 1 saturated heterocycles. The molecule has 1 aliphatic heterocycles. The predicted octanol–water partition coefficient (Wildman–Crippen LogP) is 2.50. The van der Waals surface area contributed by atoms with Crippen molar-refractivity contribution >= 4 is 44.9 Å². The Labute approximate surface area is 125 Å². The van der Waals surface area contributed by atoms with E-state index < -0.39 is 0 Å². The van der Waals surface area contributed by atoms with Crippen molar-refractivity contribution in [2.45, 2.75) is 32.2 Å². The Hall–Kier alpha value is -1.40. The third kappa shape index (κ3) is 2.33. The molecule has 5 nitrogen and oxygen atoms in total. The molecule has 1 unspecified atom stereocenters. The van der Waals surface area contributed by atoms with Crippen molar-refractivity contribution in [1.29, 1.82) is 0 Å². The number of hydrogen-bond donors (Lipinski definition) is 1. The quantitative estimate of drug-likeness (QED) is 0.865. The zero-order valence-electron chi connectivity index (χ0n) is 11.1. The van der Waals surface area contributed by atoms with Crippen molar-refractivity contribution in [3.05, 3.63) is 16.2 Å². The number of piperidine rings is 1. The van der Waals surface area contributed by atoms with E-state index in [1.165, 1.54) is 0 Å². The van der Waals surface area contributed by atoms with Crippen LogP contribution in [0.3, 0.4) is 0 Å². The molecule has 1 fully saturated rings. The van der Waals surface area contributed by atoms with E-state index in [1.807, 2.05) is 17.9 Å². The van der Waals surface area contributed by atoms with E-state index in [0.717, 1.165) is 46.7 Å². The molecule has 20 heavy (non-hydrogen) atoms. The minimum atomic E-state index is -0.307. The molecule has 2 aromatic rings. The summed E-state index contributed by atoms with van der Waals surface area (Å²) in [4.78, 5) is 24.3. The number of thiophene rings is 1. The van der Waals surface area contributed by atoms with Gasteiger partial charge in [-0.25, -0.2) is 4.98 Å². The number of aryl methyl sites for hydroxylation is 1. The zero-order valence-corrected chi connectivity index (χ0v) is 12.7. The van der Waals surface area contributed by atoms with Crippen molar-refractivity contribution in [2.24, 2.45) is 5.73 Å². The van der Waals surface area contributed by atoms with Gasteiger partial charge in [-0.05, 0) is 43.9 Å². The van der Waals surface area contributed by atoms with Crippen LogP contribution in [-0.2, 0) is 4.79 Å². The number of aromatic nitrogens is 2. The number of halogens is 1. The molecule has 106 valence electrons. The molecule has 7 heteroatoms. The monoisotopic (exact) mass is 310 g/mol. The second-order valence-electron chi connectivity index (χ2n) is 5.00. The highest BCUT2D eigenvalue weighted by Gasteiger charge is 2.29. The van der Waals surface area contributed by atoms with Gasteiger partial charge in [0.05, 0.1) is 5.39 Å². The van der Waals surface area contributed by atoms with Crippen LogP contribution in [0.2, 0.25) is 5.28 Å². The first-order valence-electron chi connectivity index (χ1n) is 6.56. The second kappa shape index (κ2) is 5.18. The molecule has 2 aromatic heterocycles. The maximum Gasteiger partial charge on any atom is 0.240 e. The number of anilines is 1. The summed E-state index contributed by atoms with van der Waals surface area (Å²) in [6, 6.07) is 1.73. The summed E-state index contributed by atoms with van der Waals surface area (Å²) in [6.07, 6.45) is 2.80. The first-order chi connectivity index (χ1) is 9.56. The lowest BCUT2D eigenvalue weighted by Gasteiger charge is -2.34. The molecular formula is C13H15ClN4OS. The Morgan fingerprint density at radius 2 is 2.30 bits per heavy atom. The number of carbonyl (C=O) groups excluding carboxylic acids is 1. The molecule has 1 aliphatic rings. The number of fused-ring (bicyclic) bond motifs is 1. The van der Waals surface area contributed by atoms with Gasteiger partial charge in [-0.3, -0.25) is 4.79 Å². The van der Waals surface area contributed by atoms with Crippen LogP contribution in [0.15, 0.2) is 6.07 Å². The number of carbonyl (C=O) groups is 1. The molecule has 2 N–H and O–H groups in total. The normalized spacial score (nSPS) is 19.5. The van der Waals surface area contributed by atoms with Crippen LogP contribution >= 0.6 is 22.9 Å². The van der Waals surface area contributed by atoms with E-state index in [0.29, 0.717) is 0 Å². The van der Waals surface area contributed by atoms with Gasteiger partial charge in [0.2, 0.25) is 11.2 Å². The molecule has 1 atom stereocenters. The SMILES string of the molecule is Cc1cc2c(N3CCCCC3C(N)=O)nc(Cl)nc2s1. The fraction of sp³-hybridized carbons (Fsp3) is 0.462. The number of primary amides is 1. The smallest absolute Gasteiger partial charge is 0.240 e. The summed E-state index contributed by atoms with van der Waals surface area (Å²) in [5, 5.41) is 1.16. The molecule has 0 radical (unpaired) electrons. The zero-order chi connectivity index (χ0) is 14.3. The van der Waals surface area contributed by atoms with E-state index in [-0.39, 0.29) is 17.2 Å². The highest BCUT2D eigenvalue weighted by molar-refractivity contribution is 7.18. The molecule has 0 spiro atoms. The number of nitrogens with zero attached hydrogens (tertiary/aromatic N) is 3. The topological polar surface area (TPSA) is 72.1 Å². The summed E-state index contributed by atoms with van der Waals surface area (Å²) >= 11 is 7.60. The summed E-state index contributed by atoms with van der Waals surface area (Å²) in [6.45, 7) is 2.79. The van der Waals surface area contributed by atoms with Gasteiger partial charge in [0, 0.05) is 11.4 Å².